The van der Waals surface area contributed by atoms with Gasteiger partial charge in [0.05, 0.1) is 30.2 Å². The lowest BCUT2D eigenvalue weighted by atomic mass is 10.2. The van der Waals surface area contributed by atoms with Crippen LogP contribution in [0.25, 0.3) is 0 Å². The SMILES string of the molecule is COCC(CNc1cc(C(=O)O)c(N)cn1)OC. The number of nitrogens with zero attached hydrogens (tertiary/aromatic N) is 1. The summed E-state index contributed by atoms with van der Waals surface area (Å²) in [6.07, 6.45) is 1.17. The number of nitrogen functional groups attached to an aromatic ring is 1. The molecule has 1 aromatic heterocycles. The van der Waals surface area contributed by atoms with Crippen molar-refractivity contribution in [2.75, 3.05) is 38.4 Å². The van der Waals surface area contributed by atoms with Gasteiger partial charge in [0.1, 0.15) is 5.82 Å². The normalized spacial score (nSPS) is 12.1. The molecule has 1 atom stereocenters. The van der Waals surface area contributed by atoms with Crippen LogP contribution in [0, 0.1) is 0 Å². The molecule has 7 nitrogen and oxygen atoms in total. The van der Waals surface area contributed by atoms with Gasteiger partial charge in [-0.2, -0.15) is 0 Å². The summed E-state index contributed by atoms with van der Waals surface area (Å²) in [6, 6.07) is 1.39. The summed E-state index contributed by atoms with van der Waals surface area (Å²) in [7, 11) is 3.15. The third-order valence-corrected chi connectivity index (χ3v) is 2.36. The number of carbonyl (C=O) groups is 1. The second-order valence-corrected chi connectivity index (χ2v) is 3.66. The fourth-order valence-electron chi connectivity index (χ4n) is 1.36. The topological polar surface area (TPSA) is 107 Å². The quantitative estimate of drug-likeness (QED) is 0.648. The van der Waals surface area contributed by atoms with Gasteiger partial charge < -0.3 is 25.6 Å². The molecule has 18 heavy (non-hydrogen) atoms. The monoisotopic (exact) mass is 255 g/mol. The second kappa shape index (κ2) is 6.77. The molecule has 0 aliphatic heterocycles. The number of ether oxygens (including phenoxy) is 2. The number of methoxy groups -OCH3 is 2. The van der Waals surface area contributed by atoms with Crippen LogP contribution < -0.4 is 11.1 Å². The smallest absolute Gasteiger partial charge is 0.337 e. The number of pyridine rings is 1. The largest absolute Gasteiger partial charge is 0.478 e. The first kappa shape index (κ1) is 14.2. The molecule has 0 fully saturated rings. The van der Waals surface area contributed by atoms with Crippen molar-refractivity contribution in [3.05, 3.63) is 17.8 Å². The van der Waals surface area contributed by atoms with Crippen molar-refractivity contribution in [2.24, 2.45) is 0 Å². The summed E-state index contributed by atoms with van der Waals surface area (Å²) in [4.78, 5) is 14.9. The van der Waals surface area contributed by atoms with Crippen LogP contribution in [0.3, 0.4) is 0 Å². The third-order valence-electron chi connectivity index (χ3n) is 2.36. The van der Waals surface area contributed by atoms with E-state index >= 15 is 0 Å². The van der Waals surface area contributed by atoms with Crippen LogP contribution in [0.15, 0.2) is 12.3 Å². The number of rotatable bonds is 7. The maximum atomic E-state index is 10.9. The molecule has 0 saturated heterocycles. The summed E-state index contributed by atoms with van der Waals surface area (Å²) in [5.41, 5.74) is 5.66. The first-order chi connectivity index (χ1) is 8.58. The molecule has 0 saturated carbocycles. The molecule has 100 valence electrons. The Morgan fingerprint density at radius 1 is 1.61 bits per heavy atom. The molecule has 4 N–H and O–H groups in total. The van der Waals surface area contributed by atoms with Crippen LogP contribution in [-0.2, 0) is 9.47 Å². The van der Waals surface area contributed by atoms with Gasteiger partial charge in [-0.25, -0.2) is 9.78 Å². The molecular formula is C11H17N3O4. The molecule has 0 aliphatic carbocycles. The second-order valence-electron chi connectivity index (χ2n) is 3.66. The number of hydrogen-bond donors (Lipinski definition) is 3. The molecule has 0 bridgehead atoms. The van der Waals surface area contributed by atoms with E-state index in [-0.39, 0.29) is 17.4 Å². The van der Waals surface area contributed by atoms with Crippen LogP contribution in [0.2, 0.25) is 0 Å². The van der Waals surface area contributed by atoms with E-state index in [0.29, 0.717) is 19.0 Å². The van der Waals surface area contributed by atoms with Crippen molar-refractivity contribution >= 4 is 17.5 Å². The van der Waals surface area contributed by atoms with E-state index in [1.54, 1.807) is 14.2 Å². The van der Waals surface area contributed by atoms with Gasteiger partial charge in [0.2, 0.25) is 0 Å². The van der Waals surface area contributed by atoms with Crippen molar-refractivity contribution in [3.63, 3.8) is 0 Å². The zero-order valence-corrected chi connectivity index (χ0v) is 10.3. The number of nitrogens with two attached hydrogens (primary N) is 1. The van der Waals surface area contributed by atoms with Crippen molar-refractivity contribution in [3.8, 4) is 0 Å². The van der Waals surface area contributed by atoms with Crippen molar-refractivity contribution in [1.82, 2.24) is 4.98 Å². The number of aromatic nitrogens is 1. The lowest BCUT2D eigenvalue weighted by Crippen LogP contribution is -2.27. The van der Waals surface area contributed by atoms with E-state index in [4.69, 9.17) is 20.3 Å². The molecule has 1 rings (SSSR count). The standard InChI is InChI=1S/C11H17N3O4/c1-17-6-7(18-2)4-13-10-3-8(11(15)16)9(12)5-14-10/h3,5,7H,4,6,12H2,1-2H3,(H,13,14)(H,15,16). The summed E-state index contributed by atoms with van der Waals surface area (Å²) in [5.74, 6) is -0.655. The maximum Gasteiger partial charge on any atom is 0.337 e. The predicted molar refractivity (Wildman–Crippen MR) is 66.8 cm³/mol. The molecule has 1 unspecified atom stereocenters. The van der Waals surface area contributed by atoms with E-state index in [9.17, 15) is 4.79 Å². The Bertz CT molecular complexity index is 411. The molecule has 0 radical (unpaired) electrons. The Labute approximate surface area is 105 Å². The van der Waals surface area contributed by atoms with Gasteiger partial charge in [0, 0.05) is 20.8 Å². The highest BCUT2D eigenvalue weighted by Gasteiger charge is 2.11. The van der Waals surface area contributed by atoms with Gasteiger partial charge in [0.25, 0.3) is 0 Å². The molecule has 0 aliphatic rings. The van der Waals surface area contributed by atoms with Crippen LogP contribution in [0.1, 0.15) is 10.4 Å². The lowest BCUT2D eigenvalue weighted by Gasteiger charge is -2.15. The minimum atomic E-state index is -1.09. The number of hydrogen-bond acceptors (Lipinski definition) is 6. The highest BCUT2D eigenvalue weighted by atomic mass is 16.5. The van der Waals surface area contributed by atoms with Crippen molar-refractivity contribution < 1.29 is 19.4 Å². The number of carboxylic acid groups (broad SMARTS) is 1. The number of aromatic carboxylic acids is 1. The molecule has 0 amide bonds. The third kappa shape index (κ3) is 3.86. The molecule has 1 aromatic rings. The highest BCUT2D eigenvalue weighted by Crippen LogP contribution is 2.14. The maximum absolute atomic E-state index is 10.9. The van der Waals surface area contributed by atoms with E-state index in [1.807, 2.05) is 0 Å². The Morgan fingerprint density at radius 3 is 2.89 bits per heavy atom. The fraction of sp³-hybridized carbons (Fsp3) is 0.455. The zero-order chi connectivity index (χ0) is 13.5. The van der Waals surface area contributed by atoms with Crippen LogP contribution in [0.5, 0.6) is 0 Å². The van der Waals surface area contributed by atoms with Crippen molar-refractivity contribution in [1.29, 1.82) is 0 Å². The molecule has 1 heterocycles. The van der Waals surface area contributed by atoms with Crippen LogP contribution >= 0.6 is 0 Å². The summed E-state index contributed by atoms with van der Waals surface area (Å²) in [6.45, 7) is 0.893. The van der Waals surface area contributed by atoms with Gasteiger partial charge in [-0.3, -0.25) is 0 Å². The van der Waals surface area contributed by atoms with E-state index in [0.717, 1.165) is 0 Å². The van der Waals surface area contributed by atoms with Gasteiger partial charge in [0.15, 0.2) is 0 Å². The van der Waals surface area contributed by atoms with E-state index < -0.39 is 5.97 Å². The minimum absolute atomic E-state index is 0.0215. The van der Waals surface area contributed by atoms with Gasteiger partial charge >= 0.3 is 5.97 Å². The minimum Gasteiger partial charge on any atom is -0.478 e. The van der Waals surface area contributed by atoms with Crippen LogP contribution in [-0.4, -0.2) is 49.5 Å². The predicted octanol–water partition coefficient (Wildman–Crippen LogP) is 0.435. The zero-order valence-electron chi connectivity index (χ0n) is 10.3. The molecule has 0 aromatic carbocycles. The lowest BCUT2D eigenvalue weighted by molar-refractivity contribution is 0.0365. The Hall–Kier alpha value is -1.86. The first-order valence-electron chi connectivity index (χ1n) is 5.33. The first-order valence-corrected chi connectivity index (χ1v) is 5.33. The summed E-state index contributed by atoms with van der Waals surface area (Å²) < 4.78 is 10.1. The number of anilines is 2. The Kier molecular flexibility index (Phi) is 5.34. The van der Waals surface area contributed by atoms with Crippen molar-refractivity contribution in [2.45, 2.75) is 6.10 Å². The summed E-state index contributed by atoms with van der Waals surface area (Å²) >= 11 is 0. The molecule has 0 spiro atoms. The van der Waals surface area contributed by atoms with Crippen LogP contribution in [0.4, 0.5) is 11.5 Å². The van der Waals surface area contributed by atoms with E-state index in [1.165, 1.54) is 12.3 Å². The number of nitrogens with one attached hydrogen (secondary N) is 1. The average Bonchev–Trinajstić information content (AvgIpc) is 2.35. The number of carboxylic acids is 1. The Balaban J connectivity index is 2.67. The average molecular weight is 255 g/mol. The Morgan fingerprint density at radius 2 is 2.33 bits per heavy atom. The molecular weight excluding hydrogens is 238 g/mol. The van der Waals surface area contributed by atoms with Gasteiger partial charge in [-0.05, 0) is 6.07 Å². The fourth-order valence-corrected chi connectivity index (χ4v) is 1.36. The highest BCUT2D eigenvalue weighted by molar-refractivity contribution is 5.94. The van der Waals surface area contributed by atoms with E-state index in [2.05, 4.69) is 10.3 Å². The van der Waals surface area contributed by atoms with Gasteiger partial charge in [-0.15, -0.1) is 0 Å². The summed E-state index contributed by atoms with van der Waals surface area (Å²) in [5, 5.41) is 11.9. The van der Waals surface area contributed by atoms with Gasteiger partial charge in [-0.1, -0.05) is 0 Å². The molecule has 7 heteroatoms.